The molecule has 1 rings (SSSR count). The van der Waals surface area contributed by atoms with Crippen LogP contribution in [0.5, 0.6) is 0 Å². The van der Waals surface area contributed by atoms with Gasteiger partial charge in [0.2, 0.25) is 0 Å². The first-order chi connectivity index (χ1) is 12.1. The van der Waals surface area contributed by atoms with Gasteiger partial charge in [0.05, 0.1) is 0 Å². The summed E-state index contributed by atoms with van der Waals surface area (Å²) < 4.78 is 6.20. The molecule has 0 saturated carbocycles. The van der Waals surface area contributed by atoms with E-state index in [9.17, 15) is 5.11 Å². The normalized spacial score (nSPS) is 13.0. The maximum absolute atomic E-state index is 10.0. The Bertz CT molecular complexity index is 603. The van der Waals surface area contributed by atoms with E-state index in [2.05, 4.69) is 52.3 Å². The summed E-state index contributed by atoms with van der Waals surface area (Å²) in [7, 11) is -1.62. The Kier molecular flexibility index (Phi) is 9.36. The maximum Gasteiger partial charge on any atom is 0.191 e. The Labute approximate surface area is 161 Å². The standard InChI is InChI=1S/C23H36O2Si/c1-20(12-10-11-19-25-26(5,6)23(2,3)4)15-17-22(24)18-16-21-13-8-7-9-14-21/h7-9,13-14,22,24H,1,10-12,15,17,19H2,2-6H3. The van der Waals surface area contributed by atoms with E-state index in [1.54, 1.807) is 0 Å². The zero-order valence-corrected chi connectivity index (χ0v) is 18.3. The second-order valence-electron chi connectivity index (χ2n) is 8.51. The minimum absolute atomic E-state index is 0.271. The van der Waals surface area contributed by atoms with E-state index in [1.807, 2.05) is 30.3 Å². The van der Waals surface area contributed by atoms with Crippen molar-refractivity contribution in [1.29, 1.82) is 0 Å². The molecule has 0 aliphatic heterocycles. The molecule has 0 heterocycles. The Morgan fingerprint density at radius 3 is 2.42 bits per heavy atom. The Morgan fingerprint density at radius 1 is 1.15 bits per heavy atom. The van der Waals surface area contributed by atoms with Gasteiger partial charge in [-0.15, -0.1) is 0 Å². The van der Waals surface area contributed by atoms with Crippen LogP contribution in [0, 0.1) is 11.8 Å². The van der Waals surface area contributed by atoms with Gasteiger partial charge in [0.15, 0.2) is 8.32 Å². The van der Waals surface area contributed by atoms with Gasteiger partial charge in [-0.3, -0.25) is 0 Å². The summed E-state index contributed by atoms with van der Waals surface area (Å²) in [5.41, 5.74) is 2.13. The third-order valence-corrected chi connectivity index (χ3v) is 9.66. The van der Waals surface area contributed by atoms with Crippen molar-refractivity contribution in [2.75, 3.05) is 6.61 Å². The van der Waals surface area contributed by atoms with Gasteiger partial charge in [-0.1, -0.05) is 63.0 Å². The van der Waals surface area contributed by atoms with E-state index in [0.29, 0.717) is 6.42 Å². The fraction of sp³-hybridized carbons (Fsp3) is 0.565. The molecule has 26 heavy (non-hydrogen) atoms. The summed E-state index contributed by atoms with van der Waals surface area (Å²) in [4.78, 5) is 0. The van der Waals surface area contributed by atoms with Crippen LogP contribution in [0.4, 0.5) is 0 Å². The van der Waals surface area contributed by atoms with Crippen molar-refractivity contribution in [2.24, 2.45) is 0 Å². The molecule has 0 aromatic heterocycles. The third kappa shape index (κ3) is 8.85. The summed E-state index contributed by atoms with van der Waals surface area (Å²) in [6, 6.07) is 9.76. The van der Waals surface area contributed by atoms with Crippen molar-refractivity contribution >= 4 is 8.32 Å². The minimum atomic E-state index is -1.62. The fourth-order valence-electron chi connectivity index (χ4n) is 2.25. The van der Waals surface area contributed by atoms with Crippen LogP contribution < -0.4 is 0 Å². The number of hydrogen-bond donors (Lipinski definition) is 1. The van der Waals surface area contributed by atoms with Crippen molar-refractivity contribution in [3.8, 4) is 11.8 Å². The van der Waals surface area contributed by atoms with Gasteiger partial charge in [0.1, 0.15) is 6.10 Å². The van der Waals surface area contributed by atoms with Crippen molar-refractivity contribution in [2.45, 2.75) is 77.1 Å². The molecule has 0 fully saturated rings. The summed E-state index contributed by atoms with van der Waals surface area (Å²) in [6.07, 6.45) is 4.06. The second kappa shape index (κ2) is 10.7. The Hall–Kier alpha value is -1.34. The largest absolute Gasteiger partial charge is 0.417 e. The maximum atomic E-state index is 10.0. The molecule has 0 aliphatic rings. The Morgan fingerprint density at radius 2 is 1.81 bits per heavy atom. The summed E-state index contributed by atoms with van der Waals surface area (Å²) in [5, 5.41) is 10.3. The van der Waals surface area contributed by atoms with Crippen LogP contribution in [0.2, 0.25) is 18.1 Å². The smallest absolute Gasteiger partial charge is 0.191 e. The van der Waals surface area contributed by atoms with Crippen molar-refractivity contribution in [3.05, 3.63) is 48.0 Å². The molecule has 2 nitrogen and oxygen atoms in total. The molecule has 144 valence electrons. The number of unbranched alkanes of at least 4 members (excludes halogenated alkanes) is 1. The topological polar surface area (TPSA) is 29.5 Å². The quantitative estimate of drug-likeness (QED) is 0.252. The van der Waals surface area contributed by atoms with E-state index in [1.165, 1.54) is 5.57 Å². The highest BCUT2D eigenvalue weighted by Crippen LogP contribution is 2.36. The molecule has 1 aromatic rings. The summed E-state index contributed by atoms with van der Waals surface area (Å²) >= 11 is 0. The number of benzene rings is 1. The van der Waals surface area contributed by atoms with Crippen molar-refractivity contribution in [3.63, 3.8) is 0 Å². The lowest BCUT2D eigenvalue weighted by molar-refractivity contribution is 0.221. The van der Waals surface area contributed by atoms with Gasteiger partial charge in [-0.25, -0.2) is 0 Å². The number of aliphatic hydroxyl groups is 1. The van der Waals surface area contributed by atoms with E-state index < -0.39 is 14.4 Å². The molecule has 3 heteroatoms. The molecule has 0 aliphatic carbocycles. The number of allylic oxidation sites excluding steroid dienone is 1. The van der Waals surface area contributed by atoms with E-state index in [0.717, 1.165) is 37.9 Å². The lowest BCUT2D eigenvalue weighted by Crippen LogP contribution is -2.40. The second-order valence-corrected chi connectivity index (χ2v) is 13.3. The molecule has 0 saturated heterocycles. The zero-order chi connectivity index (χ0) is 19.6. The van der Waals surface area contributed by atoms with Crippen molar-refractivity contribution in [1.82, 2.24) is 0 Å². The van der Waals surface area contributed by atoms with Crippen LogP contribution in [-0.4, -0.2) is 26.1 Å². The van der Waals surface area contributed by atoms with Gasteiger partial charge in [-0.05, 0) is 62.4 Å². The predicted octanol–water partition coefficient (Wildman–Crippen LogP) is 5.93. The molecular weight excluding hydrogens is 336 g/mol. The van der Waals surface area contributed by atoms with E-state index in [-0.39, 0.29) is 5.04 Å². The zero-order valence-electron chi connectivity index (χ0n) is 17.3. The van der Waals surface area contributed by atoms with E-state index in [4.69, 9.17) is 4.43 Å². The van der Waals surface area contributed by atoms with Crippen LogP contribution in [0.1, 0.15) is 58.4 Å². The number of aliphatic hydroxyl groups excluding tert-OH is 1. The van der Waals surface area contributed by atoms with Gasteiger partial charge in [0, 0.05) is 12.2 Å². The van der Waals surface area contributed by atoms with Crippen molar-refractivity contribution < 1.29 is 9.53 Å². The first-order valence-corrected chi connectivity index (χ1v) is 12.6. The molecule has 0 bridgehead atoms. The SMILES string of the molecule is C=C(CCCCO[Si](C)(C)C(C)(C)C)CCC(O)C#Cc1ccccc1. The van der Waals surface area contributed by atoms with E-state index >= 15 is 0 Å². The highest BCUT2D eigenvalue weighted by molar-refractivity contribution is 6.74. The molecule has 0 spiro atoms. The van der Waals surface area contributed by atoms with Gasteiger partial charge >= 0.3 is 0 Å². The third-order valence-electron chi connectivity index (χ3n) is 5.12. The first kappa shape index (κ1) is 22.7. The first-order valence-electron chi connectivity index (χ1n) is 9.67. The number of rotatable bonds is 9. The van der Waals surface area contributed by atoms with Crippen LogP contribution in [-0.2, 0) is 4.43 Å². The van der Waals surface area contributed by atoms with Gasteiger partial charge in [0.25, 0.3) is 0 Å². The number of hydrogen-bond acceptors (Lipinski definition) is 2. The Balaban J connectivity index is 2.18. The van der Waals surface area contributed by atoms with Crippen LogP contribution >= 0.6 is 0 Å². The average molecular weight is 373 g/mol. The highest BCUT2D eigenvalue weighted by atomic mass is 28.4. The van der Waals surface area contributed by atoms with Crippen LogP contribution in [0.25, 0.3) is 0 Å². The fourth-order valence-corrected chi connectivity index (χ4v) is 3.33. The summed E-state index contributed by atoms with van der Waals surface area (Å²) in [6.45, 7) is 16.4. The van der Waals surface area contributed by atoms with Crippen LogP contribution in [0.15, 0.2) is 42.5 Å². The highest BCUT2D eigenvalue weighted by Gasteiger charge is 2.36. The van der Waals surface area contributed by atoms with Gasteiger partial charge in [-0.2, -0.15) is 0 Å². The molecule has 1 aromatic carbocycles. The molecule has 1 atom stereocenters. The lowest BCUT2D eigenvalue weighted by Gasteiger charge is -2.36. The molecule has 1 N–H and O–H groups in total. The monoisotopic (exact) mass is 372 g/mol. The summed E-state index contributed by atoms with van der Waals surface area (Å²) in [5.74, 6) is 5.92. The van der Waals surface area contributed by atoms with Crippen LogP contribution in [0.3, 0.4) is 0 Å². The predicted molar refractivity (Wildman–Crippen MR) is 115 cm³/mol. The molecular formula is C23H36O2Si. The lowest BCUT2D eigenvalue weighted by atomic mass is 10.0. The average Bonchev–Trinajstić information content (AvgIpc) is 2.57. The molecule has 1 unspecified atom stereocenters. The molecule has 0 radical (unpaired) electrons. The minimum Gasteiger partial charge on any atom is -0.417 e. The van der Waals surface area contributed by atoms with Gasteiger partial charge < -0.3 is 9.53 Å². The molecule has 0 amide bonds.